The smallest absolute Gasteiger partial charge is 0.224 e. The fraction of sp³-hybridized carbons (Fsp3) is 0.714. The summed E-state index contributed by atoms with van der Waals surface area (Å²) in [5, 5.41) is 3.05. The van der Waals surface area contributed by atoms with Crippen molar-refractivity contribution in [2.75, 3.05) is 36.4 Å². The predicted molar refractivity (Wildman–Crippen MR) is 77.6 cm³/mol. The van der Waals surface area contributed by atoms with Crippen LogP contribution in [0.5, 0.6) is 0 Å². The first kappa shape index (κ1) is 13.5. The van der Waals surface area contributed by atoms with Crippen LogP contribution in [0, 0.1) is 5.82 Å². The lowest BCUT2D eigenvalue weighted by Gasteiger charge is -2.43. The number of rotatable bonds is 3. The van der Waals surface area contributed by atoms with Gasteiger partial charge in [-0.3, -0.25) is 4.90 Å². The van der Waals surface area contributed by atoms with Crippen LogP contribution in [-0.2, 0) is 0 Å². The Labute approximate surface area is 119 Å². The zero-order chi connectivity index (χ0) is 14.1. The molecule has 6 heteroatoms. The van der Waals surface area contributed by atoms with Crippen LogP contribution in [0.25, 0.3) is 0 Å². The van der Waals surface area contributed by atoms with Gasteiger partial charge < -0.3 is 10.2 Å². The van der Waals surface area contributed by atoms with E-state index in [1.165, 1.54) is 25.6 Å². The monoisotopic (exact) mass is 279 g/mol. The van der Waals surface area contributed by atoms with Gasteiger partial charge in [0.15, 0.2) is 11.6 Å². The SMILES string of the molecule is CCNc1ncc(F)c(N2CC3CCCN3CC2C)n1. The van der Waals surface area contributed by atoms with Crippen LogP contribution in [0.1, 0.15) is 26.7 Å². The van der Waals surface area contributed by atoms with Crippen LogP contribution >= 0.6 is 0 Å². The van der Waals surface area contributed by atoms with E-state index < -0.39 is 0 Å². The number of fused-ring (bicyclic) bond motifs is 1. The molecule has 110 valence electrons. The first-order valence-electron chi connectivity index (χ1n) is 7.46. The molecule has 2 fully saturated rings. The van der Waals surface area contributed by atoms with E-state index in [0.717, 1.165) is 19.6 Å². The summed E-state index contributed by atoms with van der Waals surface area (Å²) in [6.45, 7) is 7.88. The maximum Gasteiger partial charge on any atom is 0.224 e. The quantitative estimate of drug-likeness (QED) is 0.912. The van der Waals surface area contributed by atoms with Gasteiger partial charge in [0, 0.05) is 31.7 Å². The number of halogens is 1. The van der Waals surface area contributed by atoms with E-state index in [-0.39, 0.29) is 11.9 Å². The molecule has 0 bridgehead atoms. The maximum absolute atomic E-state index is 14.1. The second kappa shape index (κ2) is 5.52. The zero-order valence-corrected chi connectivity index (χ0v) is 12.1. The highest BCUT2D eigenvalue weighted by atomic mass is 19.1. The Balaban J connectivity index is 1.85. The van der Waals surface area contributed by atoms with Gasteiger partial charge in [-0.05, 0) is 33.2 Å². The Morgan fingerprint density at radius 1 is 1.45 bits per heavy atom. The van der Waals surface area contributed by atoms with Gasteiger partial charge in [0.05, 0.1) is 6.20 Å². The van der Waals surface area contributed by atoms with E-state index >= 15 is 0 Å². The second-order valence-corrected chi connectivity index (χ2v) is 5.69. The van der Waals surface area contributed by atoms with Crippen LogP contribution < -0.4 is 10.2 Å². The van der Waals surface area contributed by atoms with Gasteiger partial charge in [-0.25, -0.2) is 9.37 Å². The molecule has 1 aromatic heterocycles. The lowest BCUT2D eigenvalue weighted by Crippen LogP contribution is -2.55. The Kier molecular flexibility index (Phi) is 3.74. The van der Waals surface area contributed by atoms with Crippen molar-refractivity contribution < 1.29 is 4.39 Å². The Morgan fingerprint density at radius 2 is 2.30 bits per heavy atom. The molecule has 1 aromatic rings. The molecule has 0 spiro atoms. The highest BCUT2D eigenvalue weighted by molar-refractivity contribution is 5.45. The summed E-state index contributed by atoms with van der Waals surface area (Å²) in [4.78, 5) is 13.0. The molecule has 0 aromatic carbocycles. The minimum absolute atomic E-state index is 0.281. The highest BCUT2D eigenvalue weighted by Gasteiger charge is 2.35. The van der Waals surface area contributed by atoms with Crippen molar-refractivity contribution in [2.45, 2.75) is 38.8 Å². The molecule has 2 saturated heterocycles. The molecule has 5 nitrogen and oxygen atoms in total. The van der Waals surface area contributed by atoms with Gasteiger partial charge in [-0.1, -0.05) is 0 Å². The van der Waals surface area contributed by atoms with Crippen molar-refractivity contribution >= 4 is 11.8 Å². The van der Waals surface area contributed by atoms with E-state index in [9.17, 15) is 4.39 Å². The topological polar surface area (TPSA) is 44.3 Å². The fourth-order valence-electron chi connectivity index (χ4n) is 3.29. The van der Waals surface area contributed by atoms with E-state index in [2.05, 4.69) is 32.0 Å². The van der Waals surface area contributed by atoms with Gasteiger partial charge in [0.25, 0.3) is 0 Å². The van der Waals surface area contributed by atoms with Gasteiger partial charge in [-0.2, -0.15) is 4.98 Å². The van der Waals surface area contributed by atoms with Gasteiger partial charge in [0.2, 0.25) is 5.95 Å². The summed E-state index contributed by atoms with van der Waals surface area (Å²) in [5.74, 6) is 0.616. The Hall–Kier alpha value is -1.43. The largest absolute Gasteiger partial charge is 0.354 e. The molecular weight excluding hydrogens is 257 g/mol. The maximum atomic E-state index is 14.1. The lowest BCUT2D eigenvalue weighted by atomic mass is 10.1. The average molecular weight is 279 g/mol. The number of hydrogen-bond donors (Lipinski definition) is 1. The van der Waals surface area contributed by atoms with Crippen molar-refractivity contribution in [3.8, 4) is 0 Å². The predicted octanol–water partition coefficient (Wildman–Crippen LogP) is 1.72. The van der Waals surface area contributed by atoms with E-state index in [1.807, 2.05) is 6.92 Å². The molecular formula is C14H22FN5. The minimum Gasteiger partial charge on any atom is -0.354 e. The third-order valence-electron chi connectivity index (χ3n) is 4.27. The third-order valence-corrected chi connectivity index (χ3v) is 4.27. The molecule has 3 rings (SSSR count). The lowest BCUT2D eigenvalue weighted by molar-refractivity contribution is 0.201. The molecule has 0 radical (unpaired) electrons. The second-order valence-electron chi connectivity index (χ2n) is 5.69. The number of anilines is 2. The molecule has 3 heterocycles. The summed E-state index contributed by atoms with van der Waals surface area (Å²) < 4.78 is 14.1. The van der Waals surface area contributed by atoms with Crippen molar-refractivity contribution in [1.82, 2.24) is 14.9 Å². The van der Waals surface area contributed by atoms with Crippen LogP contribution in [0.4, 0.5) is 16.2 Å². The molecule has 0 aliphatic carbocycles. The number of aromatic nitrogens is 2. The number of nitrogens with one attached hydrogen (secondary N) is 1. The average Bonchev–Trinajstić information content (AvgIpc) is 2.87. The van der Waals surface area contributed by atoms with Crippen molar-refractivity contribution in [2.24, 2.45) is 0 Å². The minimum atomic E-state index is -0.329. The Morgan fingerprint density at radius 3 is 3.10 bits per heavy atom. The summed E-state index contributed by atoms with van der Waals surface area (Å²) in [6, 6.07) is 0.825. The summed E-state index contributed by atoms with van der Waals surface area (Å²) in [7, 11) is 0. The fourth-order valence-corrected chi connectivity index (χ4v) is 3.29. The molecule has 0 amide bonds. The summed E-state index contributed by atoms with van der Waals surface area (Å²) in [6.07, 6.45) is 3.73. The Bertz CT molecular complexity index is 481. The van der Waals surface area contributed by atoms with Crippen molar-refractivity contribution in [3.63, 3.8) is 0 Å². The normalized spacial score (nSPS) is 26.6. The number of hydrogen-bond acceptors (Lipinski definition) is 5. The third kappa shape index (κ3) is 2.44. The molecule has 1 N–H and O–H groups in total. The van der Waals surface area contributed by atoms with Crippen LogP contribution in [-0.4, -0.2) is 53.1 Å². The van der Waals surface area contributed by atoms with Crippen LogP contribution in [0.2, 0.25) is 0 Å². The van der Waals surface area contributed by atoms with E-state index in [1.54, 1.807) is 0 Å². The first-order valence-corrected chi connectivity index (χ1v) is 7.46. The molecule has 2 unspecified atom stereocenters. The molecule has 2 aliphatic heterocycles. The van der Waals surface area contributed by atoms with Crippen LogP contribution in [0.3, 0.4) is 0 Å². The van der Waals surface area contributed by atoms with Gasteiger partial charge in [0.1, 0.15) is 0 Å². The number of piperazine rings is 1. The van der Waals surface area contributed by atoms with Gasteiger partial charge >= 0.3 is 0 Å². The van der Waals surface area contributed by atoms with Crippen LogP contribution in [0.15, 0.2) is 6.20 Å². The van der Waals surface area contributed by atoms with Crippen molar-refractivity contribution in [3.05, 3.63) is 12.0 Å². The molecule has 0 saturated carbocycles. The van der Waals surface area contributed by atoms with E-state index in [4.69, 9.17) is 0 Å². The molecule has 20 heavy (non-hydrogen) atoms. The van der Waals surface area contributed by atoms with Gasteiger partial charge in [-0.15, -0.1) is 0 Å². The molecule has 2 aliphatic rings. The van der Waals surface area contributed by atoms with E-state index in [0.29, 0.717) is 17.8 Å². The zero-order valence-electron chi connectivity index (χ0n) is 12.1. The number of nitrogens with zero attached hydrogens (tertiary/aromatic N) is 4. The molecule has 2 atom stereocenters. The van der Waals surface area contributed by atoms with Crippen molar-refractivity contribution in [1.29, 1.82) is 0 Å². The highest BCUT2D eigenvalue weighted by Crippen LogP contribution is 2.29. The standard InChI is InChI=1S/C14H22FN5/c1-3-16-14-17-7-12(15)13(18-14)20-9-11-5-4-6-19(11)8-10(20)2/h7,10-11H,3-6,8-9H2,1-2H3,(H,16,17,18). The first-order chi connectivity index (χ1) is 9.69. The summed E-state index contributed by atoms with van der Waals surface area (Å²) >= 11 is 0. The summed E-state index contributed by atoms with van der Waals surface area (Å²) in [5.41, 5.74) is 0.